The minimum atomic E-state index is -1.01. The molecule has 2 unspecified atom stereocenters. The standard InChI is InChI=1S/C19H22N2O4/c1-12-9-15(21-25-12)11-18(22)20-17(19(23)24)10-14-7-4-6-13-5-2-3-8-16(13)14/h2-3,5,8-9,14,17H,4,6-7,10-11H2,1H3,(H,20,22)(H,23,24). The minimum Gasteiger partial charge on any atom is -0.480 e. The Balaban J connectivity index is 1.66. The second-order valence-electron chi connectivity index (χ2n) is 6.59. The van der Waals surface area contributed by atoms with Crippen LogP contribution in [0.1, 0.15) is 47.8 Å². The van der Waals surface area contributed by atoms with Gasteiger partial charge in [-0.05, 0) is 49.7 Å². The maximum atomic E-state index is 12.2. The van der Waals surface area contributed by atoms with Crippen LogP contribution in [0.2, 0.25) is 0 Å². The normalized spacial score (nSPS) is 17.6. The quantitative estimate of drug-likeness (QED) is 0.842. The molecule has 0 saturated carbocycles. The first-order valence-electron chi connectivity index (χ1n) is 8.55. The van der Waals surface area contributed by atoms with Gasteiger partial charge in [-0.2, -0.15) is 0 Å². The van der Waals surface area contributed by atoms with E-state index in [9.17, 15) is 14.7 Å². The van der Waals surface area contributed by atoms with E-state index in [1.807, 2.05) is 12.1 Å². The molecule has 1 aliphatic carbocycles. The number of aliphatic carboxylic acids is 1. The first-order valence-corrected chi connectivity index (χ1v) is 8.55. The maximum Gasteiger partial charge on any atom is 0.326 e. The molecule has 1 aliphatic rings. The first-order chi connectivity index (χ1) is 12.0. The van der Waals surface area contributed by atoms with E-state index in [-0.39, 0.29) is 18.2 Å². The van der Waals surface area contributed by atoms with Gasteiger partial charge in [0.25, 0.3) is 0 Å². The zero-order chi connectivity index (χ0) is 17.8. The van der Waals surface area contributed by atoms with E-state index in [1.165, 1.54) is 11.1 Å². The van der Waals surface area contributed by atoms with E-state index in [2.05, 4.69) is 22.6 Å². The van der Waals surface area contributed by atoms with E-state index in [0.29, 0.717) is 17.9 Å². The van der Waals surface area contributed by atoms with Crippen LogP contribution < -0.4 is 5.32 Å². The number of amides is 1. The average Bonchev–Trinajstić information content (AvgIpc) is 2.99. The summed E-state index contributed by atoms with van der Waals surface area (Å²) in [5, 5.41) is 15.9. The number of hydrogen-bond donors (Lipinski definition) is 2. The molecule has 1 aromatic heterocycles. The molecule has 1 heterocycles. The number of benzene rings is 1. The summed E-state index contributed by atoms with van der Waals surface area (Å²) in [4.78, 5) is 23.8. The lowest BCUT2D eigenvalue weighted by Crippen LogP contribution is -2.42. The van der Waals surface area contributed by atoms with Crippen molar-refractivity contribution in [2.24, 2.45) is 0 Å². The van der Waals surface area contributed by atoms with Crippen molar-refractivity contribution in [2.45, 2.75) is 51.0 Å². The molecule has 0 bridgehead atoms. The lowest BCUT2D eigenvalue weighted by atomic mass is 9.79. The van der Waals surface area contributed by atoms with Crippen molar-refractivity contribution in [1.29, 1.82) is 0 Å². The number of carbonyl (C=O) groups is 2. The van der Waals surface area contributed by atoms with Crippen molar-refractivity contribution in [3.05, 3.63) is 52.9 Å². The van der Waals surface area contributed by atoms with Crippen molar-refractivity contribution in [3.63, 3.8) is 0 Å². The largest absolute Gasteiger partial charge is 0.480 e. The van der Waals surface area contributed by atoms with E-state index in [0.717, 1.165) is 19.3 Å². The molecule has 0 spiro atoms. The van der Waals surface area contributed by atoms with E-state index >= 15 is 0 Å². The second-order valence-corrected chi connectivity index (χ2v) is 6.59. The highest BCUT2D eigenvalue weighted by Gasteiger charge is 2.28. The summed E-state index contributed by atoms with van der Waals surface area (Å²) in [7, 11) is 0. The monoisotopic (exact) mass is 342 g/mol. The molecule has 2 atom stereocenters. The maximum absolute atomic E-state index is 12.2. The van der Waals surface area contributed by atoms with E-state index in [1.54, 1.807) is 13.0 Å². The lowest BCUT2D eigenvalue weighted by molar-refractivity contribution is -0.142. The van der Waals surface area contributed by atoms with Crippen molar-refractivity contribution < 1.29 is 19.2 Å². The molecule has 1 aromatic carbocycles. The number of nitrogens with one attached hydrogen (secondary N) is 1. The zero-order valence-electron chi connectivity index (χ0n) is 14.2. The fourth-order valence-electron chi connectivity index (χ4n) is 3.52. The van der Waals surface area contributed by atoms with Crippen molar-refractivity contribution in [2.75, 3.05) is 0 Å². The number of aryl methyl sites for hydroxylation is 2. The smallest absolute Gasteiger partial charge is 0.326 e. The molecule has 3 rings (SSSR count). The number of carbonyl (C=O) groups excluding carboxylic acids is 1. The molecular weight excluding hydrogens is 320 g/mol. The Kier molecular flexibility index (Phi) is 5.16. The Morgan fingerprint density at radius 3 is 2.92 bits per heavy atom. The van der Waals surface area contributed by atoms with E-state index in [4.69, 9.17) is 4.52 Å². The topological polar surface area (TPSA) is 92.4 Å². The van der Waals surface area contributed by atoms with Gasteiger partial charge in [-0.25, -0.2) is 4.79 Å². The molecule has 0 fully saturated rings. The van der Waals surface area contributed by atoms with Crippen LogP contribution in [0.3, 0.4) is 0 Å². The number of hydrogen-bond acceptors (Lipinski definition) is 4. The Morgan fingerprint density at radius 1 is 1.40 bits per heavy atom. The van der Waals surface area contributed by atoms with Gasteiger partial charge in [0, 0.05) is 6.07 Å². The highest BCUT2D eigenvalue weighted by atomic mass is 16.5. The summed E-state index contributed by atoms with van der Waals surface area (Å²) in [6.45, 7) is 1.75. The van der Waals surface area contributed by atoms with Crippen LogP contribution in [0.4, 0.5) is 0 Å². The Bertz CT molecular complexity index is 768. The zero-order valence-corrected chi connectivity index (χ0v) is 14.2. The van der Waals surface area contributed by atoms with E-state index < -0.39 is 12.0 Å². The molecule has 2 N–H and O–H groups in total. The summed E-state index contributed by atoms with van der Waals surface area (Å²) < 4.78 is 4.93. The van der Waals surface area contributed by atoms with Crippen LogP contribution >= 0.6 is 0 Å². The average molecular weight is 342 g/mol. The van der Waals surface area contributed by atoms with Gasteiger partial charge in [0.2, 0.25) is 5.91 Å². The highest BCUT2D eigenvalue weighted by molar-refractivity contribution is 5.84. The van der Waals surface area contributed by atoms with Gasteiger partial charge in [-0.3, -0.25) is 4.79 Å². The molecule has 25 heavy (non-hydrogen) atoms. The van der Waals surface area contributed by atoms with Crippen molar-refractivity contribution in [3.8, 4) is 0 Å². The molecular formula is C19H22N2O4. The van der Waals surface area contributed by atoms with Crippen LogP contribution in [0, 0.1) is 6.92 Å². The minimum absolute atomic E-state index is 0.0162. The summed E-state index contributed by atoms with van der Waals surface area (Å²) in [5.41, 5.74) is 3.00. The molecule has 6 nitrogen and oxygen atoms in total. The van der Waals surface area contributed by atoms with Crippen LogP contribution in [0.5, 0.6) is 0 Å². The SMILES string of the molecule is Cc1cc(CC(=O)NC(CC2CCCc3ccccc32)C(=O)O)no1. The third-order valence-electron chi connectivity index (χ3n) is 4.67. The molecule has 1 amide bonds. The highest BCUT2D eigenvalue weighted by Crippen LogP contribution is 2.34. The number of rotatable bonds is 6. The lowest BCUT2D eigenvalue weighted by Gasteiger charge is -2.28. The molecule has 0 radical (unpaired) electrons. The summed E-state index contributed by atoms with van der Waals surface area (Å²) in [5.74, 6) is -0.588. The van der Waals surface area contributed by atoms with Crippen LogP contribution in [0.25, 0.3) is 0 Å². The fraction of sp³-hybridized carbons (Fsp3) is 0.421. The van der Waals surface area contributed by atoms with Crippen LogP contribution in [0.15, 0.2) is 34.9 Å². The van der Waals surface area contributed by atoms with Gasteiger partial charge in [0.05, 0.1) is 12.1 Å². The molecule has 0 saturated heterocycles. The Morgan fingerprint density at radius 2 is 2.20 bits per heavy atom. The Hall–Kier alpha value is -2.63. The fourth-order valence-corrected chi connectivity index (χ4v) is 3.52. The predicted molar refractivity (Wildman–Crippen MR) is 91.2 cm³/mol. The van der Waals surface area contributed by atoms with Gasteiger partial charge in [-0.15, -0.1) is 0 Å². The number of nitrogens with zero attached hydrogens (tertiary/aromatic N) is 1. The van der Waals surface area contributed by atoms with Crippen molar-refractivity contribution >= 4 is 11.9 Å². The molecule has 0 aliphatic heterocycles. The van der Waals surface area contributed by atoms with Gasteiger partial charge < -0.3 is 14.9 Å². The van der Waals surface area contributed by atoms with Gasteiger partial charge in [-0.1, -0.05) is 29.4 Å². The molecule has 6 heteroatoms. The van der Waals surface area contributed by atoms with Crippen LogP contribution in [-0.4, -0.2) is 28.2 Å². The molecule has 2 aromatic rings. The van der Waals surface area contributed by atoms with Crippen molar-refractivity contribution in [1.82, 2.24) is 10.5 Å². The predicted octanol–water partition coefficient (Wildman–Crippen LogP) is 2.61. The second kappa shape index (κ2) is 7.51. The Labute approximate surface area is 146 Å². The number of aromatic nitrogens is 1. The number of fused-ring (bicyclic) bond motifs is 1. The van der Waals surface area contributed by atoms with Crippen LogP contribution in [-0.2, 0) is 22.4 Å². The van der Waals surface area contributed by atoms with Gasteiger partial charge in [0.15, 0.2) is 0 Å². The summed E-state index contributed by atoms with van der Waals surface area (Å²) in [6, 6.07) is 8.93. The number of carboxylic acid groups (broad SMARTS) is 1. The molecule has 132 valence electrons. The third-order valence-corrected chi connectivity index (χ3v) is 4.67. The first kappa shape index (κ1) is 17.2. The van der Waals surface area contributed by atoms with Gasteiger partial charge in [0.1, 0.15) is 11.8 Å². The summed E-state index contributed by atoms with van der Waals surface area (Å²) in [6.07, 6.45) is 3.43. The van der Waals surface area contributed by atoms with Gasteiger partial charge >= 0.3 is 5.97 Å². The third kappa shape index (κ3) is 4.26. The summed E-state index contributed by atoms with van der Waals surface area (Å²) >= 11 is 0. The number of carboxylic acids is 1.